The Hall–Kier alpha value is -2.96. The van der Waals surface area contributed by atoms with E-state index in [4.69, 9.17) is 9.47 Å². The number of rotatable bonds is 6. The number of hydrogen-bond acceptors (Lipinski definition) is 4. The van der Waals surface area contributed by atoms with E-state index in [0.717, 1.165) is 12.1 Å². The van der Waals surface area contributed by atoms with Gasteiger partial charge in [0.2, 0.25) is 0 Å². The highest BCUT2D eigenvalue weighted by Crippen LogP contribution is 2.18. The lowest BCUT2D eigenvalue weighted by molar-refractivity contribution is -0.152. The molecule has 0 unspecified atom stereocenters. The zero-order chi connectivity index (χ0) is 18.4. The molecule has 0 bridgehead atoms. The predicted molar refractivity (Wildman–Crippen MR) is 87.2 cm³/mol. The van der Waals surface area contributed by atoms with Gasteiger partial charge in [0.1, 0.15) is 5.82 Å². The van der Waals surface area contributed by atoms with Crippen molar-refractivity contribution in [1.82, 2.24) is 0 Å². The number of ether oxygens (including phenoxy) is 2. The topological polar surface area (TPSA) is 64.6 Å². The molecule has 1 atom stereocenters. The van der Waals surface area contributed by atoms with Gasteiger partial charge in [-0.25, -0.2) is 8.78 Å². The van der Waals surface area contributed by atoms with Crippen LogP contribution in [-0.2, 0) is 20.7 Å². The quantitative estimate of drug-likeness (QED) is 0.814. The van der Waals surface area contributed by atoms with E-state index in [1.807, 2.05) is 0 Å². The van der Waals surface area contributed by atoms with E-state index < -0.39 is 29.6 Å². The average molecular weight is 349 g/mol. The second-order valence-corrected chi connectivity index (χ2v) is 5.28. The first kappa shape index (κ1) is 18.4. The fraction of sp³-hybridized carbons (Fsp3) is 0.222. The van der Waals surface area contributed by atoms with E-state index in [0.29, 0.717) is 5.56 Å². The highest BCUT2D eigenvalue weighted by atomic mass is 19.1. The summed E-state index contributed by atoms with van der Waals surface area (Å²) in [4.78, 5) is 23.8. The van der Waals surface area contributed by atoms with Gasteiger partial charge < -0.3 is 14.8 Å². The van der Waals surface area contributed by atoms with Crippen molar-refractivity contribution >= 4 is 17.6 Å². The molecule has 0 fully saturated rings. The van der Waals surface area contributed by atoms with E-state index in [1.54, 1.807) is 0 Å². The highest BCUT2D eigenvalue weighted by Gasteiger charge is 2.18. The van der Waals surface area contributed by atoms with Gasteiger partial charge in [-0.1, -0.05) is 12.1 Å². The lowest BCUT2D eigenvalue weighted by Crippen LogP contribution is -2.30. The van der Waals surface area contributed by atoms with Gasteiger partial charge in [0.05, 0.1) is 13.5 Å². The van der Waals surface area contributed by atoms with Crippen LogP contribution in [0.4, 0.5) is 14.5 Å². The molecule has 132 valence electrons. The van der Waals surface area contributed by atoms with Crippen molar-refractivity contribution < 1.29 is 27.8 Å². The molecule has 2 aromatic rings. The molecular formula is C18H17F2NO4. The number of hydrogen-bond donors (Lipinski definition) is 1. The number of carbonyl (C=O) groups excluding carboxylic acids is 2. The standard InChI is InChI=1S/C18H17F2NO4/c1-11(18(23)21-14-5-3-4-13(19)10-14)25-17(22)9-12-6-7-16(24-2)15(20)8-12/h3-8,10-11H,9H2,1-2H3,(H,21,23)/t11-/m0/s1. The van der Waals surface area contributed by atoms with Crippen LogP contribution in [0.2, 0.25) is 0 Å². The van der Waals surface area contributed by atoms with Gasteiger partial charge in [0.15, 0.2) is 17.7 Å². The lowest BCUT2D eigenvalue weighted by atomic mass is 10.1. The van der Waals surface area contributed by atoms with E-state index in [1.165, 1.54) is 44.4 Å². The molecule has 0 aliphatic heterocycles. The number of esters is 1. The van der Waals surface area contributed by atoms with Crippen LogP contribution in [-0.4, -0.2) is 25.1 Å². The summed E-state index contributed by atoms with van der Waals surface area (Å²) in [6, 6.07) is 9.44. The second-order valence-electron chi connectivity index (χ2n) is 5.28. The van der Waals surface area contributed by atoms with Gasteiger partial charge in [-0.15, -0.1) is 0 Å². The Kier molecular flexibility index (Phi) is 6.05. The van der Waals surface area contributed by atoms with Crippen LogP contribution >= 0.6 is 0 Å². The number of benzene rings is 2. The highest BCUT2D eigenvalue weighted by molar-refractivity contribution is 5.95. The number of amides is 1. The van der Waals surface area contributed by atoms with Crippen LogP contribution in [0.25, 0.3) is 0 Å². The van der Waals surface area contributed by atoms with E-state index >= 15 is 0 Å². The number of nitrogens with one attached hydrogen (secondary N) is 1. The Morgan fingerprint density at radius 1 is 1.16 bits per heavy atom. The van der Waals surface area contributed by atoms with Crippen LogP contribution < -0.4 is 10.1 Å². The summed E-state index contributed by atoms with van der Waals surface area (Å²) in [5.74, 6) is -2.31. The molecule has 0 saturated heterocycles. The van der Waals surface area contributed by atoms with Gasteiger partial charge >= 0.3 is 5.97 Å². The van der Waals surface area contributed by atoms with E-state index in [9.17, 15) is 18.4 Å². The van der Waals surface area contributed by atoms with Gasteiger partial charge in [0, 0.05) is 5.69 Å². The van der Waals surface area contributed by atoms with Crippen LogP contribution in [0.15, 0.2) is 42.5 Å². The largest absolute Gasteiger partial charge is 0.494 e. The van der Waals surface area contributed by atoms with Crippen molar-refractivity contribution in [2.24, 2.45) is 0 Å². The molecule has 2 aromatic carbocycles. The van der Waals surface area contributed by atoms with Crippen molar-refractivity contribution in [3.05, 3.63) is 59.7 Å². The van der Waals surface area contributed by atoms with Crippen molar-refractivity contribution in [2.75, 3.05) is 12.4 Å². The molecule has 25 heavy (non-hydrogen) atoms. The molecule has 1 amide bonds. The molecule has 0 radical (unpaired) electrons. The maximum absolute atomic E-state index is 13.6. The number of carbonyl (C=O) groups is 2. The summed E-state index contributed by atoms with van der Waals surface area (Å²) in [5, 5.41) is 2.44. The lowest BCUT2D eigenvalue weighted by Gasteiger charge is -2.14. The molecule has 0 aliphatic carbocycles. The van der Waals surface area contributed by atoms with Gasteiger partial charge in [-0.05, 0) is 42.8 Å². The number of methoxy groups -OCH3 is 1. The molecule has 0 heterocycles. The Balaban J connectivity index is 1.90. The first-order valence-electron chi connectivity index (χ1n) is 7.47. The summed E-state index contributed by atoms with van der Waals surface area (Å²) in [6.45, 7) is 1.39. The third-order valence-electron chi connectivity index (χ3n) is 3.33. The van der Waals surface area contributed by atoms with Crippen LogP contribution in [0.5, 0.6) is 5.75 Å². The molecule has 0 aromatic heterocycles. The molecule has 0 aliphatic rings. The van der Waals surface area contributed by atoms with Gasteiger partial charge in [0.25, 0.3) is 5.91 Å². The Bertz CT molecular complexity index is 779. The smallest absolute Gasteiger partial charge is 0.311 e. The third-order valence-corrected chi connectivity index (χ3v) is 3.33. The van der Waals surface area contributed by atoms with Gasteiger partial charge in [-0.3, -0.25) is 9.59 Å². The summed E-state index contributed by atoms with van der Waals surface area (Å²) >= 11 is 0. The molecule has 0 spiro atoms. The van der Waals surface area contributed by atoms with E-state index in [-0.39, 0.29) is 17.9 Å². The minimum Gasteiger partial charge on any atom is -0.494 e. The van der Waals surface area contributed by atoms with Crippen LogP contribution in [0.1, 0.15) is 12.5 Å². The Morgan fingerprint density at radius 2 is 1.92 bits per heavy atom. The summed E-state index contributed by atoms with van der Waals surface area (Å²) in [5.41, 5.74) is 0.645. The summed E-state index contributed by atoms with van der Waals surface area (Å²) in [6.07, 6.45) is -1.28. The second kappa shape index (κ2) is 8.23. The fourth-order valence-electron chi connectivity index (χ4n) is 2.09. The summed E-state index contributed by atoms with van der Waals surface area (Å²) < 4.78 is 36.5. The molecule has 0 saturated carbocycles. The summed E-state index contributed by atoms with van der Waals surface area (Å²) in [7, 11) is 1.34. The van der Waals surface area contributed by atoms with Crippen molar-refractivity contribution in [3.8, 4) is 5.75 Å². The zero-order valence-corrected chi connectivity index (χ0v) is 13.7. The first-order valence-corrected chi connectivity index (χ1v) is 7.47. The minimum atomic E-state index is -1.08. The first-order chi connectivity index (χ1) is 11.9. The van der Waals surface area contributed by atoms with Crippen LogP contribution in [0, 0.1) is 11.6 Å². The molecule has 2 rings (SSSR count). The van der Waals surface area contributed by atoms with Gasteiger partial charge in [-0.2, -0.15) is 0 Å². The average Bonchev–Trinajstić information content (AvgIpc) is 2.54. The number of anilines is 1. The normalized spacial score (nSPS) is 11.5. The molecule has 5 nitrogen and oxygen atoms in total. The molecular weight excluding hydrogens is 332 g/mol. The molecule has 7 heteroatoms. The van der Waals surface area contributed by atoms with Crippen LogP contribution in [0.3, 0.4) is 0 Å². The van der Waals surface area contributed by atoms with Crippen molar-refractivity contribution in [1.29, 1.82) is 0 Å². The maximum atomic E-state index is 13.6. The van der Waals surface area contributed by atoms with E-state index in [2.05, 4.69) is 5.32 Å². The SMILES string of the molecule is COc1ccc(CC(=O)O[C@@H](C)C(=O)Nc2cccc(F)c2)cc1F. The number of halogens is 2. The predicted octanol–water partition coefficient (Wildman–Crippen LogP) is 3.09. The maximum Gasteiger partial charge on any atom is 0.311 e. The monoisotopic (exact) mass is 349 g/mol. The Morgan fingerprint density at radius 3 is 2.56 bits per heavy atom. The third kappa shape index (κ3) is 5.27. The Labute approximate surface area is 143 Å². The van der Waals surface area contributed by atoms with Crippen molar-refractivity contribution in [2.45, 2.75) is 19.4 Å². The van der Waals surface area contributed by atoms with Crippen molar-refractivity contribution in [3.63, 3.8) is 0 Å². The molecule has 1 N–H and O–H groups in total. The fourth-order valence-corrected chi connectivity index (χ4v) is 2.09. The zero-order valence-electron chi connectivity index (χ0n) is 13.7. The minimum absolute atomic E-state index is 0.0694.